The topological polar surface area (TPSA) is 79.0 Å². The van der Waals surface area contributed by atoms with Crippen molar-refractivity contribution in [2.75, 3.05) is 57.4 Å². The maximum Gasteiger partial charge on any atom is 0.251 e. The van der Waals surface area contributed by atoms with E-state index in [9.17, 15) is 13.2 Å². The Morgan fingerprint density at radius 3 is 2.59 bits per heavy atom. The Kier molecular flexibility index (Phi) is 7.51. The number of benzene rings is 1. The third-order valence-corrected chi connectivity index (χ3v) is 9.97. The minimum Gasteiger partial charge on any atom is -0.379 e. The molecule has 7 nitrogen and oxygen atoms in total. The van der Waals surface area contributed by atoms with E-state index < -0.39 is 10.0 Å². The minimum absolute atomic E-state index is 0.0477. The third-order valence-electron chi connectivity index (χ3n) is 6.91. The lowest BCUT2D eigenvalue weighted by Gasteiger charge is -2.43. The number of nitrogens with one attached hydrogen (secondary N) is 1. The number of morpholine rings is 1. The second-order valence-corrected chi connectivity index (χ2v) is 12.6. The Morgan fingerprint density at radius 2 is 1.94 bits per heavy atom. The molecule has 0 radical (unpaired) electrons. The van der Waals surface area contributed by atoms with Gasteiger partial charge in [-0.15, -0.1) is 0 Å². The molecule has 3 saturated heterocycles. The molecule has 178 valence electrons. The number of thioether (sulfide) groups is 1. The smallest absolute Gasteiger partial charge is 0.251 e. The van der Waals surface area contributed by atoms with Crippen molar-refractivity contribution in [1.29, 1.82) is 0 Å². The average Bonchev–Trinajstić information content (AvgIpc) is 3.28. The normalized spacial score (nSPS) is 30.3. The van der Waals surface area contributed by atoms with Gasteiger partial charge in [-0.3, -0.25) is 9.69 Å². The zero-order chi connectivity index (χ0) is 22.8. The molecule has 3 atom stereocenters. The van der Waals surface area contributed by atoms with Gasteiger partial charge in [-0.05, 0) is 48.6 Å². The van der Waals surface area contributed by atoms with Crippen molar-refractivity contribution in [2.24, 2.45) is 11.8 Å². The van der Waals surface area contributed by atoms with Crippen LogP contribution in [-0.4, -0.2) is 86.5 Å². The number of sulfonamides is 1. The van der Waals surface area contributed by atoms with E-state index in [0.717, 1.165) is 50.7 Å². The van der Waals surface area contributed by atoms with Gasteiger partial charge in [-0.25, -0.2) is 8.42 Å². The highest BCUT2D eigenvalue weighted by Gasteiger charge is 2.41. The quantitative estimate of drug-likeness (QED) is 0.672. The molecule has 0 bridgehead atoms. The zero-order valence-corrected chi connectivity index (χ0v) is 20.7. The van der Waals surface area contributed by atoms with Crippen molar-refractivity contribution in [3.8, 4) is 0 Å². The number of hydrogen-bond acceptors (Lipinski definition) is 6. The van der Waals surface area contributed by atoms with Crippen LogP contribution in [0.4, 0.5) is 0 Å². The second kappa shape index (κ2) is 10.0. The van der Waals surface area contributed by atoms with Gasteiger partial charge in [0.2, 0.25) is 10.0 Å². The Hall–Kier alpha value is -1.13. The summed E-state index contributed by atoms with van der Waals surface area (Å²) in [4.78, 5) is 15.7. The molecule has 0 aliphatic carbocycles. The third kappa shape index (κ3) is 5.17. The van der Waals surface area contributed by atoms with Crippen molar-refractivity contribution >= 4 is 27.7 Å². The molecule has 1 amide bonds. The summed E-state index contributed by atoms with van der Waals surface area (Å²) < 4.78 is 33.6. The van der Waals surface area contributed by atoms with Crippen LogP contribution in [0.1, 0.15) is 37.0 Å². The highest BCUT2D eigenvalue weighted by Crippen LogP contribution is 2.34. The zero-order valence-electron chi connectivity index (χ0n) is 19.1. The molecule has 3 fully saturated rings. The van der Waals surface area contributed by atoms with E-state index in [4.69, 9.17) is 4.74 Å². The maximum atomic E-state index is 13.3. The molecule has 3 unspecified atom stereocenters. The van der Waals surface area contributed by atoms with E-state index >= 15 is 0 Å². The first kappa shape index (κ1) is 24.0. The Labute approximate surface area is 196 Å². The van der Waals surface area contributed by atoms with E-state index in [1.54, 1.807) is 22.5 Å². The first-order chi connectivity index (χ1) is 15.3. The SMILES string of the molecule is CC1CC(C)CN(S(=O)(=O)c2cccc(C(=O)NCC3(N4CCOCC4)CCSC3)c2)C1. The number of carbonyl (C=O) groups excluding carboxylic acids is 1. The predicted octanol–water partition coefficient (Wildman–Crippen LogP) is 2.29. The van der Waals surface area contributed by atoms with Crippen molar-refractivity contribution in [1.82, 2.24) is 14.5 Å². The summed E-state index contributed by atoms with van der Waals surface area (Å²) in [6.07, 6.45) is 2.08. The Balaban J connectivity index is 1.46. The molecular weight excluding hydrogens is 446 g/mol. The van der Waals surface area contributed by atoms with Gasteiger partial charge in [0.1, 0.15) is 0 Å². The average molecular weight is 482 g/mol. The van der Waals surface area contributed by atoms with Crippen LogP contribution < -0.4 is 5.32 Å². The summed E-state index contributed by atoms with van der Waals surface area (Å²) in [5, 5.41) is 3.11. The van der Waals surface area contributed by atoms with Crippen molar-refractivity contribution < 1.29 is 17.9 Å². The Morgan fingerprint density at radius 1 is 1.22 bits per heavy atom. The lowest BCUT2D eigenvalue weighted by atomic mass is 9.94. The highest BCUT2D eigenvalue weighted by atomic mass is 32.2. The summed E-state index contributed by atoms with van der Waals surface area (Å²) >= 11 is 1.93. The van der Waals surface area contributed by atoms with Gasteiger partial charge >= 0.3 is 0 Å². The molecule has 1 aromatic carbocycles. The van der Waals surface area contributed by atoms with Gasteiger partial charge < -0.3 is 10.1 Å². The van der Waals surface area contributed by atoms with Gasteiger partial charge in [0.15, 0.2) is 0 Å². The van der Waals surface area contributed by atoms with Crippen LogP contribution in [0.2, 0.25) is 0 Å². The standard InChI is InChI=1S/C23H35N3O4S2/c1-18-12-19(2)15-26(14-18)32(28,29)21-5-3-4-20(13-21)22(27)24-16-23(6-11-31-17-23)25-7-9-30-10-8-25/h3-5,13,18-19H,6-12,14-17H2,1-2H3,(H,24,27). The first-order valence-electron chi connectivity index (χ1n) is 11.6. The highest BCUT2D eigenvalue weighted by molar-refractivity contribution is 7.99. The summed E-state index contributed by atoms with van der Waals surface area (Å²) in [5.74, 6) is 2.54. The molecule has 32 heavy (non-hydrogen) atoms. The molecule has 3 heterocycles. The molecule has 4 rings (SSSR count). The number of hydrogen-bond donors (Lipinski definition) is 1. The first-order valence-corrected chi connectivity index (χ1v) is 14.2. The fourth-order valence-corrected chi connectivity index (χ4v) is 8.43. The van der Waals surface area contributed by atoms with Crippen LogP contribution in [0.3, 0.4) is 0 Å². The van der Waals surface area contributed by atoms with E-state index in [1.807, 2.05) is 11.8 Å². The summed E-state index contributed by atoms with van der Waals surface area (Å²) in [6, 6.07) is 6.49. The lowest BCUT2D eigenvalue weighted by Crippen LogP contribution is -2.59. The van der Waals surface area contributed by atoms with Crippen LogP contribution in [0.5, 0.6) is 0 Å². The summed E-state index contributed by atoms with van der Waals surface area (Å²) in [5.41, 5.74) is 0.348. The molecule has 3 aliphatic rings. The lowest BCUT2D eigenvalue weighted by molar-refractivity contribution is -0.0129. The van der Waals surface area contributed by atoms with E-state index in [-0.39, 0.29) is 16.3 Å². The van der Waals surface area contributed by atoms with Crippen LogP contribution in [0.25, 0.3) is 0 Å². The molecular formula is C23H35N3O4S2. The van der Waals surface area contributed by atoms with Gasteiger partial charge in [0.25, 0.3) is 5.91 Å². The van der Waals surface area contributed by atoms with Gasteiger partial charge in [-0.2, -0.15) is 16.1 Å². The molecule has 0 saturated carbocycles. The van der Waals surface area contributed by atoms with Crippen LogP contribution in [0.15, 0.2) is 29.2 Å². The summed E-state index contributed by atoms with van der Waals surface area (Å²) in [7, 11) is -3.62. The fraction of sp³-hybridized carbons (Fsp3) is 0.696. The molecule has 0 aromatic heterocycles. The van der Waals surface area contributed by atoms with Crippen molar-refractivity contribution in [3.63, 3.8) is 0 Å². The number of amides is 1. The van der Waals surface area contributed by atoms with Crippen molar-refractivity contribution in [3.05, 3.63) is 29.8 Å². The maximum absolute atomic E-state index is 13.3. The number of ether oxygens (including phenoxy) is 1. The number of rotatable bonds is 6. The van der Waals surface area contributed by atoms with Crippen LogP contribution in [-0.2, 0) is 14.8 Å². The number of carbonyl (C=O) groups is 1. The van der Waals surface area contributed by atoms with Gasteiger partial charge in [0, 0.05) is 49.6 Å². The van der Waals surface area contributed by atoms with E-state index in [0.29, 0.717) is 37.0 Å². The Bertz CT molecular complexity index is 902. The second-order valence-electron chi connectivity index (χ2n) is 9.60. The largest absolute Gasteiger partial charge is 0.379 e. The van der Waals surface area contributed by atoms with Gasteiger partial charge in [0.05, 0.1) is 18.1 Å². The van der Waals surface area contributed by atoms with Crippen molar-refractivity contribution in [2.45, 2.75) is 37.1 Å². The van der Waals surface area contributed by atoms with Crippen LogP contribution >= 0.6 is 11.8 Å². The minimum atomic E-state index is -3.62. The molecule has 3 aliphatic heterocycles. The number of nitrogens with zero attached hydrogens (tertiary/aromatic N) is 2. The predicted molar refractivity (Wildman–Crippen MR) is 128 cm³/mol. The number of piperidine rings is 1. The molecule has 0 spiro atoms. The van der Waals surface area contributed by atoms with Gasteiger partial charge in [-0.1, -0.05) is 19.9 Å². The fourth-order valence-electron chi connectivity index (χ4n) is 5.23. The van der Waals surface area contributed by atoms with E-state index in [1.165, 1.54) is 6.07 Å². The monoisotopic (exact) mass is 481 g/mol. The molecule has 1 N–H and O–H groups in total. The molecule has 9 heteroatoms. The van der Waals surface area contributed by atoms with E-state index in [2.05, 4.69) is 24.1 Å². The summed E-state index contributed by atoms with van der Waals surface area (Å²) in [6.45, 7) is 9.04. The molecule has 1 aromatic rings. The van der Waals surface area contributed by atoms with Crippen LogP contribution in [0, 0.1) is 11.8 Å².